The molecule has 0 N–H and O–H groups in total. The molecule has 1 unspecified atom stereocenters. The number of alkyl halides is 1. The molecule has 1 atom stereocenters. The SMILES string of the molecule is CC(C)c1ccc(C(C)(CI)OCc2ccccc2)cc1. The van der Waals surface area contributed by atoms with Gasteiger partial charge >= 0.3 is 0 Å². The van der Waals surface area contributed by atoms with Crippen LogP contribution in [0.4, 0.5) is 0 Å². The van der Waals surface area contributed by atoms with E-state index in [1.165, 1.54) is 16.7 Å². The van der Waals surface area contributed by atoms with Crippen molar-refractivity contribution in [1.29, 1.82) is 0 Å². The Kier molecular flexibility index (Phi) is 5.82. The molecule has 2 aromatic rings. The minimum atomic E-state index is -0.244. The molecule has 0 fully saturated rings. The van der Waals surface area contributed by atoms with Gasteiger partial charge in [-0.25, -0.2) is 0 Å². The molecule has 112 valence electrons. The van der Waals surface area contributed by atoms with E-state index in [4.69, 9.17) is 4.74 Å². The summed E-state index contributed by atoms with van der Waals surface area (Å²) in [6.45, 7) is 7.26. The van der Waals surface area contributed by atoms with Crippen molar-refractivity contribution >= 4 is 22.6 Å². The number of hydrogen-bond donors (Lipinski definition) is 0. The van der Waals surface area contributed by atoms with Crippen molar-refractivity contribution in [2.45, 2.75) is 38.9 Å². The molecule has 1 nitrogen and oxygen atoms in total. The highest BCUT2D eigenvalue weighted by Crippen LogP contribution is 2.30. The standard InChI is InChI=1S/C19H23IO/c1-15(2)17-9-11-18(12-10-17)19(3,14-20)21-13-16-7-5-4-6-8-16/h4-12,15H,13-14H2,1-3H3. The lowest BCUT2D eigenvalue weighted by Gasteiger charge is -2.29. The zero-order valence-electron chi connectivity index (χ0n) is 13.0. The quantitative estimate of drug-likeness (QED) is 0.453. The van der Waals surface area contributed by atoms with Crippen molar-refractivity contribution < 1.29 is 4.74 Å². The van der Waals surface area contributed by atoms with Crippen LogP contribution < -0.4 is 0 Å². The Morgan fingerprint density at radius 3 is 2.14 bits per heavy atom. The van der Waals surface area contributed by atoms with Gasteiger partial charge in [-0.1, -0.05) is 91.0 Å². The zero-order chi connectivity index (χ0) is 15.3. The van der Waals surface area contributed by atoms with E-state index < -0.39 is 0 Å². The maximum absolute atomic E-state index is 6.24. The van der Waals surface area contributed by atoms with Gasteiger partial charge < -0.3 is 4.74 Å². The number of rotatable bonds is 6. The number of ether oxygens (including phenoxy) is 1. The van der Waals surface area contributed by atoms with Crippen molar-refractivity contribution in [3.8, 4) is 0 Å². The third-order valence-corrected chi connectivity index (χ3v) is 5.30. The number of benzene rings is 2. The van der Waals surface area contributed by atoms with Gasteiger partial charge in [-0.3, -0.25) is 0 Å². The number of hydrogen-bond acceptors (Lipinski definition) is 1. The van der Waals surface area contributed by atoms with Crippen LogP contribution in [0.2, 0.25) is 0 Å². The molecule has 21 heavy (non-hydrogen) atoms. The van der Waals surface area contributed by atoms with Crippen molar-refractivity contribution in [3.63, 3.8) is 0 Å². The van der Waals surface area contributed by atoms with Crippen molar-refractivity contribution in [2.24, 2.45) is 0 Å². The summed E-state index contributed by atoms with van der Waals surface area (Å²) in [4.78, 5) is 0. The molecule has 0 saturated heterocycles. The first-order valence-electron chi connectivity index (χ1n) is 7.39. The summed E-state index contributed by atoms with van der Waals surface area (Å²) in [5.41, 5.74) is 3.59. The third kappa shape index (κ3) is 4.30. The van der Waals surface area contributed by atoms with Crippen molar-refractivity contribution in [2.75, 3.05) is 4.43 Å². The molecule has 0 saturated carbocycles. The molecule has 2 aromatic carbocycles. The maximum atomic E-state index is 6.24. The van der Waals surface area contributed by atoms with Gasteiger partial charge in [0.05, 0.1) is 12.2 Å². The van der Waals surface area contributed by atoms with Gasteiger partial charge in [0.1, 0.15) is 0 Å². The van der Waals surface area contributed by atoms with Crippen LogP contribution in [0.5, 0.6) is 0 Å². The molecule has 0 radical (unpaired) electrons. The van der Waals surface area contributed by atoms with E-state index in [-0.39, 0.29) is 5.60 Å². The Bertz CT molecular complexity index is 548. The summed E-state index contributed by atoms with van der Waals surface area (Å²) in [5, 5.41) is 0. The summed E-state index contributed by atoms with van der Waals surface area (Å²) in [7, 11) is 0. The molecule has 0 aliphatic heterocycles. The summed E-state index contributed by atoms with van der Waals surface area (Å²) in [6, 6.07) is 19.2. The summed E-state index contributed by atoms with van der Waals surface area (Å²) < 4.78 is 7.17. The molecule has 0 aliphatic carbocycles. The molecular weight excluding hydrogens is 371 g/mol. The van der Waals surface area contributed by atoms with Crippen LogP contribution in [0.1, 0.15) is 43.4 Å². The lowest BCUT2D eigenvalue weighted by Crippen LogP contribution is -2.27. The first kappa shape index (κ1) is 16.5. The fraction of sp³-hybridized carbons (Fsp3) is 0.368. The van der Waals surface area contributed by atoms with Crippen molar-refractivity contribution in [3.05, 3.63) is 71.3 Å². The average Bonchev–Trinajstić information content (AvgIpc) is 2.53. The van der Waals surface area contributed by atoms with Gasteiger partial charge in [-0.2, -0.15) is 0 Å². The lowest BCUT2D eigenvalue weighted by molar-refractivity contribution is -0.0276. The Hall–Kier alpha value is -0.870. The van der Waals surface area contributed by atoms with Gasteiger partial charge in [0.2, 0.25) is 0 Å². The van der Waals surface area contributed by atoms with Crippen LogP contribution in [0.25, 0.3) is 0 Å². The molecule has 0 spiro atoms. The minimum absolute atomic E-state index is 0.244. The molecule has 2 rings (SSSR count). The second-order valence-electron chi connectivity index (χ2n) is 5.92. The van der Waals surface area contributed by atoms with E-state index in [0.29, 0.717) is 12.5 Å². The first-order chi connectivity index (χ1) is 10.0. The van der Waals surface area contributed by atoms with Gasteiger partial charge in [0.25, 0.3) is 0 Å². The van der Waals surface area contributed by atoms with E-state index >= 15 is 0 Å². The van der Waals surface area contributed by atoms with Crippen LogP contribution >= 0.6 is 22.6 Å². The minimum Gasteiger partial charge on any atom is -0.365 e. The fourth-order valence-corrected chi connectivity index (χ4v) is 2.90. The van der Waals surface area contributed by atoms with E-state index in [9.17, 15) is 0 Å². The van der Waals surface area contributed by atoms with Gasteiger partial charge in [-0.15, -0.1) is 0 Å². The normalized spacial score (nSPS) is 14.1. The molecule has 0 heterocycles. The largest absolute Gasteiger partial charge is 0.365 e. The molecular formula is C19H23IO. The number of halogens is 1. The van der Waals surface area contributed by atoms with E-state index in [0.717, 1.165) is 4.43 Å². The predicted molar refractivity (Wildman–Crippen MR) is 98.0 cm³/mol. The predicted octanol–water partition coefficient (Wildman–Crippen LogP) is 5.68. The molecule has 0 bridgehead atoms. The maximum Gasteiger partial charge on any atom is 0.0996 e. The van der Waals surface area contributed by atoms with Crippen LogP contribution in [-0.2, 0) is 16.9 Å². The topological polar surface area (TPSA) is 9.23 Å². The van der Waals surface area contributed by atoms with Crippen LogP contribution in [0.15, 0.2) is 54.6 Å². The van der Waals surface area contributed by atoms with Crippen LogP contribution in [-0.4, -0.2) is 4.43 Å². The molecule has 2 heteroatoms. The molecule has 0 amide bonds. The monoisotopic (exact) mass is 394 g/mol. The van der Waals surface area contributed by atoms with E-state index in [1.807, 2.05) is 6.07 Å². The zero-order valence-corrected chi connectivity index (χ0v) is 15.1. The van der Waals surface area contributed by atoms with E-state index in [2.05, 4.69) is 91.9 Å². The van der Waals surface area contributed by atoms with Crippen LogP contribution in [0.3, 0.4) is 0 Å². The summed E-state index contributed by atoms with van der Waals surface area (Å²) in [6.07, 6.45) is 0. The second-order valence-corrected chi connectivity index (χ2v) is 6.68. The molecule has 0 aromatic heterocycles. The summed E-state index contributed by atoms with van der Waals surface area (Å²) in [5.74, 6) is 0.565. The average molecular weight is 394 g/mol. The summed E-state index contributed by atoms with van der Waals surface area (Å²) >= 11 is 2.41. The van der Waals surface area contributed by atoms with Crippen molar-refractivity contribution in [1.82, 2.24) is 0 Å². The Morgan fingerprint density at radius 2 is 1.62 bits per heavy atom. The first-order valence-corrected chi connectivity index (χ1v) is 8.92. The van der Waals surface area contributed by atoms with Gasteiger partial charge in [-0.05, 0) is 29.5 Å². The smallest absolute Gasteiger partial charge is 0.0996 e. The highest BCUT2D eigenvalue weighted by molar-refractivity contribution is 14.1. The Balaban J connectivity index is 2.12. The van der Waals surface area contributed by atoms with Crippen LogP contribution in [0, 0.1) is 0 Å². The van der Waals surface area contributed by atoms with Gasteiger partial charge in [0.15, 0.2) is 0 Å². The Labute approximate surface area is 141 Å². The molecule has 0 aliphatic rings. The van der Waals surface area contributed by atoms with Gasteiger partial charge in [0, 0.05) is 4.43 Å². The van der Waals surface area contributed by atoms with E-state index in [1.54, 1.807) is 0 Å². The fourth-order valence-electron chi connectivity index (χ4n) is 2.24. The highest BCUT2D eigenvalue weighted by atomic mass is 127. The Morgan fingerprint density at radius 1 is 1.00 bits per heavy atom. The highest BCUT2D eigenvalue weighted by Gasteiger charge is 2.26. The lowest BCUT2D eigenvalue weighted by atomic mass is 9.94. The second kappa shape index (κ2) is 7.41. The third-order valence-electron chi connectivity index (χ3n) is 3.84.